The molecule has 13 rings (SSSR count). The molecule has 2 heteroatoms. The van der Waals surface area contributed by atoms with Gasteiger partial charge >= 0.3 is 0 Å². The number of hydrogen-bond acceptors (Lipinski definition) is 2. The van der Waals surface area contributed by atoms with E-state index in [-0.39, 0.29) is 10.8 Å². The number of anilines is 3. The van der Waals surface area contributed by atoms with E-state index in [1.165, 1.54) is 71.4 Å². The van der Waals surface area contributed by atoms with E-state index in [9.17, 15) is 0 Å². The lowest BCUT2D eigenvalue weighted by atomic mass is 9.82. The third kappa shape index (κ3) is 4.70. The average molecular weight is 794 g/mol. The molecule has 0 saturated carbocycles. The van der Waals surface area contributed by atoms with Gasteiger partial charge in [-0.05, 0) is 113 Å². The van der Waals surface area contributed by atoms with Crippen molar-refractivity contribution in [2.75, 3.05) is 4.90 Å². The topological polar surface area (TPSA) is 16.4 Å². The van der Waals surface area contributed by atoms with Gasteiger partial charge in [0.1, 0.15) is 11.2 Å². The molecule has 2 nitrogen and oxygen atoms in total. The van der Waals surface area contributed by atoms with E-state index in [1.807, 2.05) is 0 Å². The van der Waals surface area contributed by atoms with Gasteiger partial charge in [0.2, 0.25) is 0 Å². The summed E-state index contributed by atoms with van der Waals surface area (Å²) in [5.41, 5.74) is 17.7. The maximum absolute atomic E-state index is 7.44. The molecule has 2 aliphatic rings. The van der Waals surface area contributed by atoms with Crippen molar-refractivity contribution < 1.29 is 4.42 Å². The van der Waals surface area contributed by atoms with Crippen molar-refractivity contribution in [2.45, 2.75) is 38.5 Å². The summed E-state index contributed by atoms with van der Waals surface area (Å²) in [6.45, 7) is 9.49. The van der Waals surface area contributed by atoms with Crippen molar-refractivity contribution in [1.82, 2.24) is 0 Å². The molecule has 0 atom stereocenters. The fourth-order valence-electron chi connectivity index (χ4n) is 11.4. The van der Waals surface area contributed by atoms with E-state index in [4.69, 9.17) is 4.42 Å². The van der Waals surface area contributed by atoms with E-state index < -0.39 is 0 Å². The Morgan fingerprint density at radius 2 is 0.839 bits per heavy atom. The number of rotatable bonds is 4. The summed E-state index contributed by atoms with van der Waals surface area (Å²) in [6, 6.07) is 69.8. The Bertz CT molecular complexity index is 3600. The maximum atomic E-state index is 7.44. The minimum Gasteiger partial charge on any atom is -0.455 e. The first-order valence-corrected chi connectivity index (χ1v) is 21.8. The quantitative estimate of drug-likeness (QED) is 0.165. The molecule has 0 amide bonds. The molecule has 0 bridgehead atoms. The highest BCUT2D eigenvalue weighted by molar-refractivity contribution is 6.31. The third-order valence-electron chi connectivity index (χ3n) is 14.4. The van der Waals surface area contributed by atoms with Crippen LogP contribution in [0.15, 0.2) is 192 Å². The summed E-state index contributed by atoms with van der Waals surface area (Å²) in [5.74, 6) is 0. The fraction of sp³-hybridized carbons (Fsp3) is 0.100. The van der Waals surface area contributed by atoms with E-state index in [1.54, 1.807) is 0 Å². The molecular weight excluding hydrogens is 751 g/mol. The van der Waals surface area contributed by atoms with Crippen LogP contribution in [0.1, 0.15) is 49.9 Å². The Morgan fingerprint density at radius 1 is 0.355 bits per heavy atom. The van der Waals surface area contributed by atoms with Crippen molar-refractivity contribution in [3.8, 4) is 33.4 Å². The second-order valence-electron chi connectivity index (χ2n) is 18.4. The lowest BCUT2D eigenvalue weighted by molar-refractivity contribution is 0.660. The van der Waals surface area contributed by atoms with Gasteiger partial charge in [-0.15, -0.1) is 0 Å². The SMILES string of the molecule is CC1(C)c2ccccc2-c2ccc(N(c3ccc4c(c3)C(C)(C)c3ccccc3-4)c3ccc4c(oc5c6ccccc6c6ccccc6c45)c3-c3cccc4ccccc34)cc21. The zero-order chi connectivity index (χ0) is 41.5. The Balaban J connectivity index is 1.16. The Labute approximate surface area is 361 Å². The van der Waals surface area contributed by atoms with Crippen molar-refractivity contribution >= 4 is 71.3 Å². The van der Waals surface area contributed by atoms with Crippen LogP contribution in [0.5, 0.6) is 0 Å². The second-order valence-corrected chi connectivity index (χ2v) is 18.4. The molecule has 294 valence electrons. The highest BCUT2D eigenvalue weighted by Crippen LogP contribution is 2.55. The summed E-state index contributed by atoms with van der Waals surface area (Å²) in [6.07, 6.45) is 0. The number of furan rings is 1. The smallest absolute Gasteiger partial charge is 0.145 e. The van der Waals surface area contributed by atoms with Crippen molar-refractivity contribution in [2.24, 2.45) is 0 Å². The minimum atomic E-state index is -0.168. The molecule has 0 fully saturated rings. The first-order valence-electron chi connectivity index (χ1n) is 21.8. The van der Waals surface area contributed by atoms with Gasteiger partial charge in [0.15, 0.2) is 0 Å². The van der Waals surface area contributed by atoms with Crippen molar-refractivity contribution in [1.29, 1.82) is 0 Å². The van der Waals surface area contributed by atoms with Crippen LogP contribution in [-0.4, -0.2) is 0 Å². The fourth-order valence-corrected chi connectivity index (χ4v) is 11.4. The van der Waals surface area contributed by atoms with Gasteiger partial charge in [-0.1, -0.05) is 179 Å². The predicted octanol–water partition coefficient (Wildman–Crippen LogP) is 16.8. The van der Waals surface area contributed by atoms with Gasteiger partial charge in [0.05, 0.1) is 5.69 Å². The van der Waals surface area contributed by atoms with Crippen LogP contribution in [-0.2, 0) is 10.8 Å². The number of fused-ring (bicyclic) bond motifs is 15. The normalized spacial score (nSPS) is 14.4. The van der Waals surface area contributed by atoms with E-state index in [0.717, 1.165) is 55.5 Å². The molecule has 0 spiro atoms. The van der Waals surface area contributed by atoms with Gasteiger partial charge in [-0.2, -0.15) is 0 Å². The van der Waals surface area contributed by atoms with Gasteiger partial charge in [-0.3, -0.25) is 0 Å². The van der Waals surface area contributed by atoms with Crippen LogP contribution in [0.25, 0.3) is 87.6 Å². The van der Waals surface area contributed by atoms with Crippen LogP contribution in [0.3, 0.4) is 0 Å². The van der Waals surface area contributed by atoms with Crippen LogP contribution in [0.2, 0.25) is 0 Å². The van der Waals surface area contributed by atoms with Gasteiger partial charge < -0.3 is 9.32 Å². The molecule has 11 aromatic rings. The molecule has 1 heterocycles. The zero-order valence-corrected chi connectivity index (χ0v) is 35.3. The van der Waals surface area contributed by atoms with Crippen LogP contribution >= 0.6 is 0 Å². The molecule has 10 aromatic carbocycles. The van der Waals surface area contributed by atoms with Crippen LogP contribution in [0, 0.1) is 0 Å². The van der Waals surface area contributed by atoms with Gasteiger partial charge in [-0.25, -0.2) is 0 Å². The molecule has 0 unspecified atom stereocenters. The summed E-state index contributed by atoms with van der Waals surface area (Å²) < 4.78 is 7.44. The number of nitrogens with zero attached hydrogens (tertiary/aromatic N) is 1. The standard InChI is InChI=1S/C60H43NO/c1-59(2)50-26-13-11-21-42(50)44-30-28-37(34-52(44)59)61(38-29-31-45-43-22-12-14-27-51(43)60(3,4)53(45)35-38)54-33-32-49-55-47-23-9-7-19-40(47)41-20-8-10-24-48(41)57(55)62-58(49)56(54)46-25-15-17-36-16-5-6-18-39(36)46/h5-35H,1-4H3. The largest absolute Gasteiger partial charge is 0.455 e. The summed E-state index contributed by atoms with van der Waals surface area (Å²) in [7, 11) is 0. The number of benzene rings is 10. The minimum absolute atomic E-state index is 0.168. The molecule has 2 aliphatic carbocycles. The first kappa shape index (κ1) is 35.3. The van der Waals surface area contributed by atoms with Crippen molar-refractivity contribution in [3.05, 3.63) is 210 Å². The summed E-state index contributed by atoms with van der Waals surface area (Å²) in [5, 5.41) is 9.42. The molecule has 0 saturated heterocycles. The van der Waals surface area contributed by atoms with E-state index >= 15 is 0 Å². The Kier molecular flexibility index (Phi) is 7.16. The molecule has 0 radical (unpaired) electrons. The van der Waals surface area contributed by atoms with E-state index in [0.29, 0.717) is 0 Å². The maximum Gasteiger partial charge on any atom is 0.145 e. The first-order chi connectivity index (χ1) is 30.3. The third-order valence-corrected chi connectivity index (χ3v) is 14.4. The zero-order valence-electron chi connectivity index (χ0n) is 35.3. The molecule has 0 N–H and O–H groups in total. The monoisotopic (exact) mass is 793 g/mol. The van der Waals surface area contributed by atoms with Gasteiger partial charge in [0.25, 0.3) is 0 Å². The van der Waals surface area contributed by atoms with Crippen LogP contribution < -0.4 is 4.90 Å². The molecule has 1 aromatic heterocycles. The average Bonchev–Trinajstić information content (AvgIpc) is 3.89. The highest BCUT2D eigenvalue weighted by Gasteiger charge is 2.38. The molecular formula is C60H43NO. The Hall–Kier alpha value is -7.42. The van der Waals surface area contributed by atoms with E-state index in [2.05, 4.69) is 221 Å². The van der Waals surface area contributed by atoms with Crippen LogP contribution in [0.4, 0.5) is 17.1 Å². The second kappa shape index (κ2) is 12.6. The molecule has 62 heavy (non-hydrogen) atoms. The lowest BCUT2D eigenvalue weighted by Crippen LogP contribution is -2.18. The summed E-state index contributed by atoms with van der Waals surface area (Å²) in [4.78, 5) is 2.51. The lowest BCUT2D eigenvalue weighted by Gasteiger charge is -2.31. The predicted molar refractivity (Wildman–Crippen MR) is 261 cm³/mol. The molecule has 0 aliphatic heterocycles. The summed E-state index contributed by atoms with van der Waals surface area (Å²) >= 11 is 0. The Morgan fingerprint density at radius 3 is 1.48 bits per heavy atom. The number of hydrogen-bond donors (Lipinski definition) is 0. The van der Waals surface area contributed by atoms with Gasteiger partial charge in [0, 0.05) is 43.9 Å². The van der Waals surface area contributed by atoms with Crippen molar-refractivity contribution in [3.63, 3.8) is 0 Å². The highest BCUT2D eigenvalue weighted by atomic mass is 16.3.